The highest BCUT2D eigenvalue weighted by atomic mass is 14.6. The van der Waals surface area contributed by atoms with Gasteiger partial charge in [-0.1, -0.05) is 78.9 Å². The van der Waals surface area contributed by atoms with Crippen LogP contribution in [0.4, 0.5) is 5.69 Å². The first-order valence-corrected chi connectivity index (χ1v) is 9.23. The summed E-state index contributed by atoms with van der Waals surface area (Å²) in [6, 6.07) is 28.2. The van der Waals surface area contributed by atoms with Gasteiger partial charge in [-0.3, -0.25) is 0 Å². The monoisotopic (exact) mass is 335 g/mol. The maximum Gasteiger partial charge on any atom is 0.0710 e. The predicted molar refractivity (Wildman–Crippen MR) is 109 cm³/mol. The summed E-state index contributed by atoms with van der Waals surface area (Å²) in [4.78, 5) is 0. The molecule has 0 radical (unpaired) electrons. The summed E-state index contributed by atoms with van der Waals surface area (Å²) in [5, 5.41) is 0. The van der Waals surface area contributed by atoms with E-state index in [4.69, 9.17) is 5.73 Å². The van der Waals surface area contributed by atoms with Crippen LogP contribution in [0.5, 0.6) is 0 Å². The van der Waals surface area contributed by atoms with Crippen LogP contribution in [-0.4, -0.2) is 0 Å². The van der Waals surface area contributed by atoms with Gasteiger partial charge in [-0.2, -0.15) is 0 Å². The van der Waals surface area contributed by atoms with Crippen LogP contribution in [0.3, 0.4) is 0 Å². The Hall–Kier alpha value is -3.06. The van der Waals surface area contributed by atoms with Crippen molar-refractivity contribution in [2.24, 2.45) is 0 Å². The fourth-order valence-electron chi connectivity index (χ4n) is 4.74. The van der Waals surface area contributed by atoms with Gasteiger partial charge in [-0.05, 0) is 58.4 Å². The zero-order chi connectivity index (χ0) is 17.6. The van der Waals surface area contributed by atoms with E-state index in [-0.39, 0.29) is 5.41 Å². The van der Waals surface area contributed by atoms with E-state index in [1.807, 2.05) is 6.07 Å². The Morgan fingerprint density at radius 3 is 2.08 bits per heavy atom. The summed E-state index contributed by atoms with van der Waals surface area (Å²) < 4.78 is 0. The van der Waals surface area contributed by atoms with Crippen molar-refractivity contribution >= 4 is 11.3 Å². The number of benzene rings is 3. The van der Waals surface area contributed by atoms with E-state index in [0.29, 0.717) is 0 Å². The average Bonchev–Trinajstić information content (AvgIpc) is 3.00. The van der Waals surface area contributed by atoms with Crippen molar-refractivity contribution in [1.82, 2.24) is 0 Å². The van der Waals surface area contributed by atoms with Crippen LogP contribution in [-0.2, 0) is 5.41 Å². The van der Waals surface area contributed by atoms with Crippen molar-refractivity contribution in [3.05, 3.63) is 119 Å². The predicted octanol–water partition coefficient (Wildman–Crippen LogP) is 5.72. The Bertz CT molecular complexity index is 987. The number of anilines is 1. The fourth-order valence-corrected chi connectivity index (χ4v) is 4.74. The summed E-state index contributed by atoms with van der Waals surface area (Å²) in [5.41, 5.74) is 14.9. The number of hydrogen-bond acceptors (Lipinski definition) is 1. The van der Waals surface area contributed by atoms with Crippen LogP contribution in [0.25, 0.3) is 5.57 Å². The van der Waals surface area contributed by atoms with E-state index in [1.54, 1.807) is 0 Å². The lowest BCUT2D eigenvalue weighted by molar-refractivity contribution is 0.756. The molecule has 0 aromatic heterocycles. The van der Waals surface area contributed by atoms with Gasteiger partial charge in [-0.25, -0.2) is 0 Å². The highest BCUT2D eigenvalue weighted by Gasteiger charge is 2.46. The third kappa shape index (κ3) is 1.97. The largest absolute Gasteiger partial charge is 0.399 e. The van der Waals surface area contributed by atoms with E-state index in [9.17, 15) is 0 Å². The second-order valence-electron chi connectivity index (χ2n) is 7.12. The van der Waals surface area contributed by atoms with Crippen LogP contribution in [0, 0.1) is 0 Å². The Morgan fingerprint density at radius 1 is 0.769 bits per heavy atom. The number of allylic oxidation sites excluding steroid dienone is 4. The molecule has 0 fully saturated rings. The molecular weight excluding hydrogens is 314 g/mol. The summed E-state index contributed by atoms with van der Waals surface area (Å²) >= 11 is 0. The number of fused-ring (bicyclic) bond motifs is 2. The highest BCUT2D eigenvalue weighted by Crippen LogP contribution is 2.57. The molecule has 126 valence electrons. The molecular formula is C25H21N. The van der Waals surface area contributed by atoms with Crippen molar-refractivity contribution in [3.63, 3.8) is 0 Å². The van der Waals surface area contributed by atoms with E-state index in [2.05, 4.69) is 84.9 Å². The minimum absolute atomic E-state index is 0.266. The summed E-state index contributed by atoms with van der Waals surface area (Å²) in [7, 11) is 0. The topological polar surface area (TPSA) is 26.0 Å². The van der Waals surface area contributed by atoms with Gasteiger partial charge < -0.3 is 5.73 Å². The summed E-state index contributed by atoms with van der Waals surface area (Å²) in [6.45, 7) is 0. The van der Waals surface area contributed by atoms with Crippen LogP contribution in [0.1, 0.15) is 35.1 Å². The normalized spacial score (nSPS) is 17.1. The SMILES string of the molecule is Nc1ccc2c(c1)C1=C(C=CCC1)C2(c1ccccc1)c1ccccc1. The number of nitrogens with two attached hydrogens (primary N) is 1. The van der Waals surface area contributed by atoms with Crippen LogP contribution in [0.2, 0.25) is 0 Å². The van der Waals surface area contributed by atoms with Crippen LogP contribution >= 0.6 is 0 Å². The Labute approximate surface area is 154 Å². The van der Waals surface area contributed by atoms with Crippen molar-refractivity contribution in [2.45, 2.75) is 18.3 Å². The Balaban J connectivity index is 1.94. The molecule has 26 heavy (non-hydrogen) atoms. The molecule has 0 saturated carbocycles. The average molecular weight is 335 g/mol. The maximum absolute atomic E-state index is 6.18. The minimum atomic E-state index is -0.266. The molecule has 0 saturated heterocycles. The Kier molecular flexibility index (Phi) is 3.36. The first-order valence-electron chi connectivity index (χ1n) is 9.23. The second kappa shape index (κ2) is 5.74. The third-order valence-electron chi connectivity index (χ3n) is 5.76. The lowest BCUT2D eigenvalue weighted by Crippen LogP contribution is -2.29. The number of hydrogen-bond donors (Lipinski definition) is 1. The van der Waals surface area contributed by atoms with E-state index in [0.717, 1.165) is 18.5 Å². The fraction of sp³-hybridized carbons (Fsp3) is 0.120. The second-order valence-corrected chi connectivity index (χ2v) is 7.12. The van der Waals surface area contributed by atoms with Gasteiger partial charge >= 0.3 is 0 Å². The van der Waals surface area contributed by atoms with Gasteiger partial charge in [0.25, 0.3) is 0 Å². The van der Waals surface area contributed by atoms with Gasteiger partial charge in [0.15, 0.2) is 0 Å². The quantitative estimate of drug-likeness (QED) is 0.595. The van der Waals surface area contributed by atoms with Gasteiger partial charge in [0.2, 0.25) is 0 Å². The smallest absolute Gasteiger partial charge is 0.0710 e. The molecule has 0 unspecified atom stereocenters. The molecule has 3 aromatic carbocycles. The molecule has 1 heteroatoms. The molecule has 3 aromatic rings. The third-order valence-corrected chi connectivity index (χ3v) is 5.76. The van der Waals surface area contributed by atoms with Crippen LogP contribution in [0.15, 0.2) is 96.6 Å². The van der Waals surface area contributed by atoms with Crippen molar-refractivity contribution in [1.29, 1.82) is 0 Å². The maximum atomic E-state index is 6.18. The molecule has 2 N–H and O–H groups in total. The molecule has 0 heterocycles. The van der Waals surface area contributed by atoms with Crippen molar-refractivity contribution < 1.29 is 0 Å². The molecule has 1 nitrogen and oxygen atoms in total. The molecule has 5 rings (SSSR count). The minimum Gasteiger partial charge on any atom is -0.399 e. The van der Waals surface area contributed by atoms with Crippen LogP contribution < -0.4 is 5.73 Å². The van der Waals surface area contributed by atoms with E-state index in [1.165, 1.54) is 33.4 Å². The summed E-state index contributed by atoms with van der Waals surface area (Å²) in [5.74, 6) is 0. The molecule has 0 bridgehead atoms. The Morgan fingerprint density at radius 2 is 1.42 bits per heavy atom. The molecule has 0 aliphatic heterocycles. The van der Waals surface area contributed by atoms with Crippen molar-refractivity contribution in [2.75, 3.05) is 5.73 Å². The zero-order valence-electron chi connectivity index (χ0n) is 14.7. The molecule has 0 atom stereocenters. The van der Waals surface area contributed by atoms with Gasteiger partial charge in [-0.15, -0.1) is 0 Å². The van der Waals surface area contributed by atoms with Gasteiger partial charge in [0.05, 0.1) is 5.41 Å². The zero-order valence-corrected chi connectivity index (χ0v) is 14.7. The van der Waals surface area contributed by atoms with Gasteiger partial charge in [0.1, 0.15) is 0 Å². The van der Waals surface area contributed by atoms with E-state index < -0.39 is 0 Å². The lowest BCUT2D eigenvalue weighted by atomic mass is 9.66. The van der Waals surface area contributed by atoms with Crippen molar-refractivity contribution in [3.8, 4) is 0 Å². The molecule has 2 aliphatic carbocycles. The van der Waals surface area contributed by atoms with E-state index >= 15 is 0 Å². The standard InChI is InChI=1S/C25H21N/c26-20-15-16-24-22(17-20)21-13-7-8-14-23(21)25(24,18-9-3-1-4-10-18)19-11-5-2-6-12-19/h1-6,8-12,14-17H,7,13,26H2. The number of rotatable bonds is 2. The lowest BCUT2D eigenvalue weighted by Gasteiger charge is -2.35. The highest BCUT2D eigenvalue weighted by molar-refractivity contribution is 5.89. The molecule has 0 amide bonds. The number of nitrogen functional groups attached to an aromatic ring is 1. The first-order chi connectivity index (χ1) is 12.8. The summed E-state index contributed by atoms with van der Waals surface area (Å²) in [6.07, 6.45) is 6.82. The van der Waals surface area contributed by atoms with Gasteiger partial charge in [0, 0.05) is 5.69 Å². The molecule has 0 spiro atoms. The molecule has 2 aliphatic rings. The first kappa shape index (κ1) is 15.2.